The number of amides is 1. The molecule has 0 N–H and O–H groups in total. The van der Waals surface area contributed by atoms with Crippen LogP contribution in [0.5, 0.6) is 0 Å². The summed E-state index contributed by atoms with van der Waals surface area (Å²) in [5.74, 6) is 0. The Bertz CT molecular complexity index is 660. The van der Waals surface area contributed by atoms with Gasteiger partial charge in [0.1, 0.15) is 6.61 Å². The van der Waals surface area contributed by atoms with Gasteiger partial charge < -0.3 is 9.64 Å². The molecule has 4 heteroatoms. The van der Waals surface area contributed by atoms with Gasteiger partial charge in [-0.15, -0.1) is 0 Å². The van der Waals surface area contributed by atoms with Crippen LogP contribution in [-0.2, 0) is 11.3 Å². The average Bonchev–Trinajstić information content (AvgIpc) is 3.01. The lowest BCUT2D eigenvalue weighted by molar-refractivity contribution is 0.156. The molecule has 1 aliphatic heterocycles. The van der Waals surface area contributed by atoms with E-state index in [1.807, 2.05) is 29.2 Å². The van der Waals surface area contributed by atoms with Crippen LogP contribution in [0.1, 0.15) is 30.0 Å². The number of unbranched alkanes of at least 4 members (excludes halogenated alkanes) is 1. The molecule has 0 radical (unpaired) electrons. The maximum Gasteiger partial charge on any atom is 0.410 e. The standard InChI is InChI=1S/C21H26N2O2/c1-22(16-18-10-4-2-5-11-18)14-8-9-15-23-20(17-25-21(23)24)19-12-6-3-7-13-19/h2-7,10-13,20H,8-9,14-17H2,1H3/t20-/m1/s1. The van der Waals surface area contributed by atoms with E-state index in [0.717, 1.165) is 38.0 Å². The fourth-order valence-electron chi connectivity index (χ4n) is 3.29. The van der Waals surface area contributed by atoms with Gasteiger partial charge in [0.05, 0.1) is 6.04 Å². The first-order chi connectivity index (χ1) is 12.2. The molecular formula is C21H26N2O2. The lowest BCUT2D eigenvalue weighted by Gasteiger charge is -2.22. The highest BCUT2D eigenvalue weighted by molar-refractivity contribution is 5.70. The van der Waals surface area contributed by atoms with Gasteiger partial charge in [-0.1, -0.05) is 60.7 Å². The van der Waals surface area contributed by atoms with Crippen molar-refractivity contribution in [1.82, 2.24) is 9.80 Å². The van der Waals surface area contributed by atoms with Gasteiger partial charge in [0, 0.05) is 13.1 Å². The van der Waals surface area contributed by atoms with Crippen LogP contribution in [0.3, 0.4) is 0 Å². The molecule has 0 saturated carbocycles. The summed E-state index contributed by atoms with van der Waals surface area (Å²) in [6, 6.07) is 20.7. The van der Waals surface area contributed by atoms with Gasteiger partial charge in [-0.3, -0.25) is 4.90 Å². The van der Waals surface area contributed by atoms with Crippen LogP contribution in [0.15, 0.2) is 60.7 Å². The predicted octanol–water partition coefficient (Wildman–Crippen LogP) is 4.09. The minimum atomic E-state index is -0.188. The molecule has 4 nitrogen and oxygen atoms in total. The number of benzene rings is 2. The second-order valence-electron chi connectivity index (χ2n) is 6.63. The molecule has 1 fully saturated rings. The number of carbonyl (C=O) groups is 1. The Balaban J connectivity index is 1.44. The van der Waals surface area contributed by atoms with Crippen molar-refractivity contribution in [3.63, 3.8) is 0 Å². The average molecular weight is 338 g/mol. The Morgan fingerprint density at radius 1 is 1.04 bits per heavy atom. The molecule has 0 bridgehead atoms. The molecule has 25 heavy (non-hydrogen) atoms. The van der Waals surface area contributed by atoms with Crippen LogP contribution >= 0.6 is 0 Å². The number of hydrogen-bond acceptors (Lipinski definition) is 3. The van der Waals surface area contributed by atoms with Crippen LogP contribution in [-0.4, -0.2) is 42.6 Å². The molecule has 0 aliphatic carbocycles. The highest BCUT2D eigenvalue weighted by Gasteiger charge is 2.33. The van der Waals surface area contributed by atoms with Crippen molar-refractivity contribution >= 4 is 6.09 Å². The zero-order chi connectivity index (χ0) is 17.5. The van der Waals surface area contributed by atoms with E-state index in [0.29, 0.717) is 6.61 Å². The highest BCUT2D eigenvalue weighted by Crippen LogP contribution is 2.27. The van der Waals surface area contributed by atoms with E-state index >= 15 is 0 Å². The van der Waals surface area contributed by atoms with Gasteiger partial charge in [-0.25, -0.2) is 4.79 Å². The van der Waals surface area contributed by atoms with Crippen molar-refractivity contribution in [3.05, 3.63) is 71.8 Å². The molecule has 2 aromatic carbocycles. The maximum absolute atomic E-state index is 12.0. The van der Waals surface area contributed by atoms with E-state index in [2.05, 4.69) is 48.3 Å². The molecule has 1 amide bonds. The van der Waals surface area contributed by atoms with Gasteiger partial charge in [-0.2, -0.15) is 0 Å². The molecule has 2 aromatic rings. The number of cyclic esters (lactones) is 1. The zero-order valence-electron chi connectivity index (χ0n) is 14.8. The molecule has 1 heterocycles. The highest BCUT2D eigenvalue weighted by atomic mass is 16.6. The number of ether oxygens (including phenoxy) is 1. The van der Waals surface area contributed by atoms with Crippen molar-refractivity contribution in [2.45, 2.75) is 25.4 Å². The van der Waals surface area contributed by atoms with E-state index in [-0.39, 0.29) is 12.1 Å². The Morgan fingerprint density at radius 2 is 1.72 bits per heavy atom. The first kappa shape index (κ1) is 17.5. The van der Waals surface area contributed by atoms with E-state index < -0.39 is 0 Å². The molecule has 1 aliphatic rings. The maximum atomic E-state index is 12.0. The summed E-state index contributed by atoms with van der Waals surface area (Å²) in [6.45, 7) is 3.18. The summed E-state index contributed by atoms with van der Waals surface area (Å²) in [4.78, 5) is 16.2. The number of rotatable bonds is 8. The third kappa shape index (κ3) is 4.83. The van der Waals surface area contributed by atoms with E-state index in [1.54, 1.807) is 0 Å². The van der Waals surface area contributed by atoms with Crippen molar-refractivity contribution in [1.29, 1.82) is 0 Å². The molecule has 1 atom stereocenters. The van der Waals surface area contributed by atoms with Crippen LogP contribution in [0.25, 0.3) is 0 Å². The normalized spacial score (nSPS) is 17.1. The summed E-state index contributed by atoms with van der Waals surface area (Å²) in [5, 5.41) is 0. The van der Waals surface area contributed by atoms with Crippen LogP contribution in [0, 0.1) is 0 Å². The van der Waals surface area contributed by atoms with Gasteiger partial charge in [0.2, 0.25) is 0 Å². The van der Waals surface area contributed by atoms with Crippen molar-refractivity contribution in [2.75, 3.05) is 26.7 Å². The first-order valence-electron chi connectivity index (χ1n) is 8.95. The minimum Gasteiger partial charge on any atom is -0.447 e. The smallest absolute Gasteiger partial charge is 0.410 e. The Hall–Kier alpha value is -2.33. The first-order valence-corrected chi connectivity index (χ1v) is 8.95. The summed E-state index contributed by atoms with van der Waals surface area (Å²) in [7, 11) is 2.14. The Labute approximate surface area is 150 Å². The fraction of sp³-hybridized carbons (Fsp3) is 0.381. The van der Waals surface area contributed by atoms with Crippen LogP contribution in [0.4, 0.5) is 4.79 Å². The molecule has 0 spiro atoms. The van der Waals surface area contributed by atoms with Crippen molar-refractivity contribution < 1.29 is 9.53 Å². The SMILES string of the molecule is CN(CCCCN1C(=O)OC[C@@H]1c1ccccc1)Cc1ccccc1. The third-order valence-corrected chi connectivity index (χ3v) is 4.64. The molecule has 132 valence electrons. The number of carbonyl (C=O) groups excluding carboxylic acids is 1. The lowest BCUT2D eigenvalue weighted by Crippen LogP contribution is -2.29. The molecule has 0 unspecified atom stereocenters. The lowest BCUT2D eigenvalue weighted by atomic mass is 10.1. The van der Waals surface area contributed by atoms with Crippen molar-refractivity contribution in [2.24, 2.45) is 0 Å². The van der Waals surface area contributed by atoms with Crippen LogP contribution in [0.2, 0.25) is 0 Å². The quantitative estimate of drug-likeness (QED) is 0.680. The second kappa shape index (κ2) is 8.67. The zero-order valence-corrected chi connectivity index (χ0v) is 14.8. The number of hydrogen-bond donors (Lipinski definition) is 0. The molecule has 0 aromatic heterocycles. The summed E-state index contributed by atoms with van der Waals surface area (Å²) < 4.78 is 5.27. The van der Waals surface area contributed by atoms with Crippen LogP contribution < -0.4 is 0 Å². The van der Waals surface area contributed by atoms with Gasteiger partial charge >= 0.3 is 6.09 Å². The molecule has 1 saturated heterocycles. The Kier molecular flexibility index (Phi) is 6.07. The van der Waals surface area contributed by atoms with Gasteiger partial charge in [0.25, 0.3) is 0 Å². The summed E-state index contributed by atoms with van der Waals surface area (Å²) in [6.07, 6.45) is 1.86. The van der Waals surface area contributed by atoms with Gasteiger partial charge in [-0.05, 0) is 37.6 Å². The van der Waals surface area contributed by atoms with Crippen molar-refractivity contribution in [3.8, 4) is 0 Å². The van der Waals surface area contributed by atoms with E-state index in [1.165, 1.54) is 5.56 Å². The monoisotopic (exact) mass is 338 g/mol. The topological polar surface area (TPSA) is 32.8 Å². The Morgan fingerprint density at radius 3 is 2.44 bits per heavy atom. The molecule has 3 rings (SSSR count). The summed E-state index contributed by atoms with van der Waals surface area (Å²) >= 11 is 0. The molecular weight excluding hydrogens is 312 g/mol. The predicted molar refractivity (Wildman–Crippen MR) is 99.2 cm³/mol. The largest absolute Gasteiger partial charge is 0.447 e. The fourth-order valence-corrected chi connectivity index (χ4v) is 3.29. The second-order valence-corrected chi connectivity index (χ2v) is 6.63. The minimum absolute atomic E-state index is 0.0516. The van der Waals surface area contributed by atoms with E-state index in [9.17, 15) is 4.79 Å². The summed E-state index contributed by atoms with van der Waals surface area (Å²) in [5.41, 5.74) is 2.48. The third-order valence-electron chi connectivity index (χ3n) is 4.64. The van der Waals surface area contributed by atoms with Gasteiger partial charge in [0.15, 0.2) is 0 Å². The van der Waals surface area contributed by atoms with E-state index in [4.69, 9.17) is 4.74 Å². The number of nitrogens with zero attached hydrogens (tertiary/aromatic N) is 2.